The standard InChI is InChI=1S/C7H15NO3/c1-8(2,3)5-6(9)4-7(10)11/h6,9H,4-5H2,1-3H3/t6-/m0/s1/i1D3,4D2. The van der Waals surface area contributed by atoms with Gasteiger partial charge in [0.15, 0.2) is 0 Å². The van der Waals surface area contributed by atoms with E-state index in [9.17, 15) is 15.0 Å². The summed E-state index contributed by atoms with van der Waals surface area (Å²) in [7, 11) is 2.50. The number of carbonyl (C=O) groups is 1. The van der Waals surface area contributed by atoms with E-state index in [2.05, 4.69) is 0 Å². The van der Waals surface area contributed by atoms with Crippen LogP contribution in [0.1, 0.15) is 13.2 Å². The zero-order chi connectivity index (χ0) is 13.4. The van der Waals surface area contributed by atoms with Gasteiger partial charge in [-0.3, -0.25) is 0 Å². The highest BCUT2D eigenvalue weighted by molar-refractivity contribution is 5.64. The predicted octanol–water partition coefficient (Wildman–Crippen LogP) is -1.81. The number of aliphatic hydroxyl groups excluding tert-OH is 1. The monoisotopic (exact) mass is 166 g/mol. The van der Waals surface area contributed by atoms with Crippen LogP contribution >= 0.6 is 0 Å². The first kappa shape index (κ1) is 4.42. The molecule has 0 radical (unpaired) electrons. The Labute approximate surface area is 73.7 Å². The highest BCUT2D eigenvalue weighted by Crippen LogP contribution is 1.97. The molecule has 4 heteroatoms. The number of carboxylic acid groups (broad SMARTS) is 1. The quantitative estimate of drug-likeness (QED) is 0.501. The normalized spacial score (nSPS) is 23.7. The minimum absolute atomic E-state index is 0.558. The number of carboxylic acids is 1. The van der Waals surface area contributed by atoms with Crippen molar-refractivity contribution >= 4 is 5.97 Å². The molecule has 0 aromatic carbocycles. The van der Waals surface area contributed by atoms with E-state index >= 15 is 0 Å². The molecule has 0 saturated heterocycles. The summed E-state index contributed by atoms with van der Waals surface area (Å²) in [6.07, 6.45) is -4.92. The predicted molar refractivity (Wildman–Crippen MR) is 38.5 cm³/mol. The summed E-state index contributed by atoms with van der Waals surface area (Å²) < 4.78 is 34.8. The zero-order valence-corrected chi connectivity index (χ0v) is 6.50. The highest BCUT2D eigenvalue weighted by atomic mass is 16.4. The second-order valence-electron chi connectivity index (χ2n) is 2.82. The molecule has 0 aromatic rings. The van der Waals surface area contributed by atoms with E-state index in [0.717, 1.165) is 0 Å². The Morgan fingerprint density at radius 1 is 1.91 bits per heavy atom. The third-order valence-corrected chi connectivity index (χ3v) is 0.914. The molecular weight excluding hydrogens is 146 g/mol. The fraction of sp³-hybridized carbons (Fsp3) is 0.857. The molecule has 0 bridgehead atoms. The first-order chi connectivity index (χ1) is 6.82. The van der Waals surface area contributed by atoms with Crippen LogP contribution in [0.5, 0.6) is 0 Å². The number of carbonyl (C=O) groups excluding carboxylic acids is 1. The number of hydrogen-bond donors (Lipinski definition) is 1. The molecule has 0 saturated carbocycles. The van der Waals surface area contributed by atoms with Crippen LogP contribution in [0.4, 0.5) is 0 Å². The lowest BCUT2D eigenvalue weighted by Gasteiger charge is -2.26. The second kappa shape index (κ2) is 3.69. The first-order valence-electron chi connectivity index (χ1n) is 5.55. The van der Waals surface area contributed by atoms with Crippen molar-refractivity contribution in [2.75, 3.05) is 27.6 Å². The Hall–Kier alpha value is -0.610. The van der Waals surface area contributed by atoms with Gasteiger partial charge in [-0.15, -0.1) is 0 Å². The molecule has 0 aliphatic rings. The third kappa shape index (κ3) is 7.29. The minimum Gasteiger partial charge on any atom is -0.550 e. The Balaban J connectivity index is 4.82. The Morgan fingerprint density at radius 3 is 2.82 bits per heavy atom. The molecule has 0 aromatic heterocycles. The van der Waals surface area contributed by atoms with Crippen molar-refractivity contribution < 1.29 is 26.3 Å². The number of nitrogens with zero attached hydrogens (tertiary/aromatic N) is 1. The summed E-state index contributed by atoms with van der Waals surface area (Å²) in [5.74, 6) is -2.06. The van der Waals surface area contributed by atoms with Gasteiger partial charge in [-0.2, -0.15) is 0 Å². The van der Waals surface area contributed by atoms with E-state index in [1.165, 1.54) is 14.1 Å². The molecule has 11 heavy (non-hydrogen) atoms. The molecule has 0 unspecified atom stereocenters. The molecule has 0 fully saturated rings. The van der Waals surface area contributed by atoms with Crippen LogP contribution in [0.15, 0.2) is 0 Å². The van der Waals surface area contributed by atoms with E-state index in [1.54, 1.807) is 0 Å². The van der Waals surface area contributed by atoms with Crippen molar-refractivity contribution in [2.45, 2.75) is 12.5 Å². The average molecular weight is 166 g/mol. The zero-order valence-electron chi connectivity index (χ0n) is 11.5. The van der Waals surface area contributed by atoms with E-state index in [4.69, 9.17) is 6.85 Å². The van der Waals surface area contributed by atoms with Gasteiger partial charge in [0.1, 0.15) is 12.6 Å². The van der Waals surface area contributed by atoms with Gasteiger partial charge >= 0.3 is 0 Å². The number of rotatable bonds is 4. The molecular formula is C7H15NO3. The largest absolute Gasteiger partial charge is 0.550 e. The minimum atomic E-state index is -2.97. The van der Waals surface area contributed by atoms with Gasteiger partial charge in [0.25, 0.3) is 0 Å². The van der Waals surface area contributed by atoms with E-state index in [1.807, 2.05) is 0 Å². The van der Waals surface area contributed by atoms with Gasteiger partial charge in [0.05, 0.1) is 25.2 Å². The third-order valence-electron chi connectivity index (χ3n) is 0.914. The molecule has 0 aliphatic heterocycles. The van der Waals surface area contributed by atoms with Gasteiger partial charge in [0, 0.05) is 15.1 Å². The molecule has 1 atom stereocenters. The SMILES string of the molecule is [2H]C([2H])(C(=O)[O-])[C@H](O)C[N+](C)(C)C([2H])([2H])[2H]. The van der Waals surface area contributed by atoms with Crippen molar-refractivity contribution in [3.8, 4) is 0 Å². The molecule has 0 aliphatic carbocycles. The lowest BCUT2D eigenvalue weighted by Crippen LogP contribution is -2.43. The highest BCUT2D eigenvalue weighted by Gasteiger charge is 2.14. The maximum atomic E-state index is 10.4. The lowest BCUT2D eigenvalue weighted by molar-refractivity contribution is -0.873. The molecule has 1 N–H and O–H groups in total. The van der Waals surface area contributed by atoms with Gasteiger partial charge in [-0.1, -0.05) is 0 Å². The Morgan fingerprint density at radius 2 is 2.45 bits per heavy atom. The van der Waals surface area contributed by atoms with Gasteiger partial charge in [0.2, 0.25) is 0 Å². The smallest absolute Gasteiger partial charge is 0.108 e. The maximum Gasteiger partial charge on any atom is 0.108 e. The Bertz CT molecular complexity index is 276. The van der Waals surface area contributed by atoms with E-state index in [-0.39, 0.29) is 0 Å². The van der Waals surface area contributed by atoms with Crippen molar-refractivity contribution in [1.82, 2.24) is 0 Å². The number of likely N-dealkylation sites (N-methyl/N-ethyl adjacent to an activating group) is 1. The topological polar surface area (TPSA) is 60.4 Å². The fourth-order valence-corrected chi connectivity index (χ4v) is 0.614. The van der Waals surface area contributed by atoms with Crippen molar-refractivity contribution in [2.24, 2.45) is 0 Å². The van der Waals surface area contributed by atoms with Gasteiger partial charge in [-0.05, 0) is 0 Å². The molecule has 4 nitrogen and oxygen atoms in total. The van der Waals surface area contributed by atoms with Gasteiger partial charge < -0.3 is 19.5 Å². The number of aliphatic carboxylic acids is 1. The van der Waals surface area contributed by atoms with Crippen molar-refractivity contribution in [3.63, 3.8) is 0 Å². The van der Waals surface area contributed by atoms with Crippen LogP contribution in [0.2, 0.25) is 0 Å². The molecule has 0 spiro atoms. The van der Waals surface area contributed by atoms with Crippen LogP contribution in [0.25, 0.3) is 0 Å². The summed E-state index contributed by atoms with van der Waals surface area (Å²) in [4.78, 5) is 10.4. The van der Waals surface area contributed by atoms with Crippen LogP contribution in [-0.2, 0) is 4.79 Å². The summed E-state index contributed by atoms with van der Waals surface area (Å²) in [6, 6.07) is 0. The molecule has 0 amide bonds. The lowest BCUT2D eigenvalue weighted by atomic mass is 10.2. The van der Waals surface area contributed by atoms with Crippen LogP contribution in [0.3, 0.4) is 0 Å². The van der Waals surface area contributed by atoms with Crippen LogP contribution in [-0.4, -0.2) is 49.3 Å². The molecule has 66 valence electrons. The van der Waals surface area contributed by atoms with Gasteiger partial charge in [-0.25, -0.2) is 0 Å². The fourth-order valence-electron chi connectivity index (χ4n) is 0.614. The van der Waals surface area contributed by atoms with Crippen molar-refractivity contribution in [1.29, 1.82) is 0 Å². The van der Waals surface area contributed by atoms with E-state index in [0.29, 0.717) is 0 Å². The maximum absolute atomic E-state index is 10.4. The number of aliphatic hydroxyl groups is 1. The second-order valence-corrected chi connectivity index (χ2v) is 2.82. The Kier molecular flexibility index (Phi) is 1.48. The van der Waals surface area contributed by atoms with E-state index < -0.39 is 36.4 Å². The summed E-state index contributed by atoms with van der Waals surface area (Å²) in [6.45, 7) is -3.03. The van der Waals surface area contributed by atoms with Crippen LogP contribution in [0, 0.1) is 0 Å². The molecule has 0 rings (SSSR count). The van der Waals surface area contributed by atoms with Crippen molar-refractivity contribution in [3.05, 3.63) is 0 Å². The molecule has 0 heterocycles. The summed E-state index contributed by atoms with van der Waals surface area (Å²) >= 11 is 0. The summed E-state index contributed by atoms with van der Waals surface area (Å²) in [5, 5.41) is 19.8. The average Bonchev–Trinajstić information content (AvgIpc) is 2.00. The number of quaternary nitrogens is 1. The first-order valence-corrected chi connectivity index (χ1v) is 3.05. The summed E-state index contributed by atoms with van der Waals surface area (Å²) in [5.41, 5.74) is 0. The number of hydrogen-bond acceptors (Lipinski definition) is 3. The van der Waals surface area contributed by atoms with Crippen LogP contribution < -0.4 is 5.11 Å².